The normalized spacial score (nSPS) is 16.1. The molecular formula is C23H23F3N2O5. The van der Waals surface area contributed by atoms with Crippen LogP contribution in [0.4, 0.5) is 24.5 Å². The molecule has 33 heavy (non-hydrogen) atoms. The number of hydrogen-bond acceptors (Lipinski definition) is 5. The summed E-state index contributed by atoms with van der Waals surface area (Å²) in [5.41, 5.74) is -0.849. The van der Waals surface area contributed by atoms with Crippen LogP contribution in [0.15, 0.2) is 48.5 Å². The summed E-state index contributed by atoms with van der Waals surface area (Å²) in [6.07, 6.45) is -4.74. The number of amides is 2. The fraction of sp³-hybridized carbons (Fsp3) is 0.348. The van der Waals surface area contributed by atoms with Crippen LogP contribution in [0, 0.1) is 5.92 Å². The molecule has 10 heteroatoms. The number of para-hydroxylation sites is 1. The van der Waals surface area contributed by atoms with Crippen molar-refractivity contribution >= 4 is 29.2 Å². The van der Waals surface area contributed by atoms with E-state index in [1.807, 2.05) is 13.8 Å². The average Bonchev–Trinajstić information content (AvgIpc) is 3.13. The van der Waals surface area contributed by atoms with Gasteiger partial charge in [0.1, 0.15) is 5.75 Å². The van der Waals surface area contributed by atoms with Gasteiger partial charge in [0.15, 0.2) is 6.61 Å². The zero-order chi connectivity index (χ0) is 24.2. The van der Waals surface area contributed by atoms with E-state index >= 15 is 0 Å². The summed E-state index contributed by atoms with van der Waals surface area (Å²) in [7, 11) is 0. The van der Waals surface area contributed by atoms with Crippen molar-refractivity contribution in [3.05, 3.63) is 54.1 Å². The van der Waals surface area contributed by atoms with Crippen molar-refractivity contribution in [2.75, 3.05) is 23.4 Å². The minimum atomic E-state index is -4.65. The second kappa shape index (κ2) is 9.93. The maximum Gasteiger partial charge on any atom is 0.418 e. The Labute approximate surface area is 188 Å². The van der Waals surface area contributed by atoms with Crippen molar-refractivity contribution in [1.82, 2.24) is 0 Å². The number of alkyl halides is 3. The van der Waals surface area contributed by atoms with E-state index in [2.05, 4.69) is 5.32 Å². The van der Waals surface area contributed by atoms with E-state index in [0.717, 1.165) is 12.1 Å². The Morgan fingerprint density at radius 2 is 1.79 bits per heavy atom. The third kappa shape index (κ3) is 6.24. The minimum absolute atomic E-state index is 0.00237. The third-order valence-corrected chi connectivity index (χ3v) is 4.83. The van der Waals surface area contributed by atoms with E-state index in [1.165, 1.54) is 17.0 Å². The van der Waals surface area contributed by atoms with Gasteiger partial charge in [-0.3, -0.25) is 14.4 Å². The molecule has 2 aromatic rings. The summed E-state index contributed by atoms with van der Waals surface area (Å²) < 4.78 is 49.6. The summed E-state index contributed by atoms with van der Waals surface area (Å²) in [4.78, 5) is 38.2. The van der Waals surface area contributed by atoms with Crippen LogP contribution in [-0.2, 0) is 25.3 Å². The Morgan fingerprint density at radius 3 is 2.42 bits per heavy atom. The van der Waals surface area contributed by atoms with Gasteiger partial charge in [-0.25, -0.2) is 0 Å². The number of halogens is 3. The van der Waals surface area contributed by atoms with Gasteiger partial charge in [-0.2, -0.15) is 13.2 Å². The largest absolute Gasteiger partial charge is 0.491 e. The molecule has 3 rings (SSSR count). The molecule has 0 saturated carbocycles. The molecule has 1 heterocycles. The van der Waals surface area contributed by atoms with Crippen molar-refractivity contribution in [3.63, 3.8) is 0 Å². The number of carbonyl (C=O) groups is 3. The highest BCUT2D eigenvalue weighted by Gasteiger charge is 2.37. The molecule has 2 amide bonds. The number of nitrogens with one attached hydrogen (secondary N) is 1. The van der Waals surface area contributed by atoms with E-state index in [1.54, 1.807) is 24.3 Å². The van der Waals surface area contributed by atoms with Crippen LogP contribution in [0.5, 0.6) is 5.75 Å². The molecular weight excluding hydrogens is 441 g/mol. The SMILES string of the molecule is CC(C)Oc1ccc(N2C[C@@H](C(=O)OCC(=O)Nc3ccccc3C(F)(F)F)CC2=O)cc1. The Kier molecular flexibility index (Phi) is 7.25. The summed E-state index contributed by atoms with van der Waals surface area (Å²) in [6, 6.07) is 11.3. The predicted octanol–water partition coefficient (Wildman–Crippen LogP) is 4.03. The lowest BCUT2D eigenvalue weighted by Gasteiger charge is -2.17. The van der Waals surface area contributed by atoms with Gasteiger partial charge in [0, 0.05) is 18.7 Å². The molecule has 1 saturated heterocycles. The first-order valence-corrected chi connectivity index (χ1v) is 10.2. The molecule has 0 aliphatic carbocycles. The van der Waals surface area contributed by atoms with Crippen LogP contribution in [-0.4, -0.2) is 37.0 Å². The Hall–Kier alpha value is -3.56. The number of esters is 1. The van der Waals surface area contributed by atoms with Crippen LogP contribution in [0.25, 0.3) is 0 Å². The van der Waals surface area contributed by atoms with Crippen LogP contribution < -0.4 is 15.0 Å². The lowest BCUT2D eigenvalue weighted by atomic mass is 10.1. The second-order valence-electron chi connectivity index (χ2n) is 7.77. The monoisotopic (exact) mass is 464 g/mol. The second-order valence-corrected chi connectivity index (χ2v) is 7.77. The summed E-state index contributed by atoms with van der Waals surface area (Å²) in [5.74, 6) is -2.11. The van der Waals surface area contributed by atoms with E-state index in [9.17, 15) is 27.6 Å². The molecule has 1 aliphatic heterocycles. The molecule has 0 aromatic heterocycles. The van der Waals surface area contributed by atoms with Gasteiger partial charge < -0.3 is 19.7 Å². The van der Waals surface area contributed by atoms with Crippen LogP contribution >= 0.6 is 0 Å². The van der Waals surface area contributed by atoms with Crippen molar-refractivity contribution in [2.24, 2.45) is 5.92 Å². The Bertz CT molecular complexity index is 1020. The van der Waals surface area contributed by atoms with Crippen molar-refractivity contribution < 1.29 is 37.0 Å². The molecule has 0 radical (unpaired) electrons. The van der Waals surface area contributed by atoms with Gasteiger partial charge in [-0.15, -0.1) is 0 Å². The number of hydrogen-bond donors (Lipinski definition) is 1. The van der Waals surface area contributed by atoms with E-state index in [0.29, 0.717) is 11.4 Å². The van der Waals surface area contributed by atoms with E-state index in [-0.39, 0.29) is 25.0 Å². The lowest BCUT2D eigenvalue weighted by Crippen LogP contribution is -2.28. The standard InChI is InChI=1S/C23H23F3N2O5/c1-14(2)33-17-9-7-16(8-10-17)28-12-15(11-21(28)30)22(31)32-13-20(29)27-19-6-4-3-5-18(19)23(24,25)26/h3-10,14-15H,11-13H2,1-2H3,(H,27,29)/t15-/m0/s1. The predicted molar refractivity (Wildman–Crippen MR) is 114 cm³/mol. The van der Waals surface area contributed by atoms with Crippen molar-refractivity contribution in [2.45, 2.75) is 32.5 Å². The summed E-state index contributed by atoms with van der Waals surface area (Å²) in [6.45, 7) is 3.09. The van der Waals surface area contributed by atoms with Gasteiger partial charge in [0.2, 0.25) is 5.91 Å². The van der Waals surface area contributed by atoms with Gasteiger partial charge in [-0.1, -0.05) is 12.1 Å². The first-order chi connectivity index (χ1) is 15.5. The van der Waals surface area contributed by atoms with Crippen molar-refractivity contribution in [3.8, 4) is 5.75 Å². The number of nitrogens with zero attached hydrogens (tertiary/aromatic N) is 1. The van der Waals surface area contributed by atoms with E-state index in [4.69, 9.17) is 9.47 Å². The Morgan fingerprint density at radius 1 is 1.12 bits per heavy atom. The maximum absolute atomic E-state index is 13.0. The maximum atomic E-state index is 13.0. The third-order valence-electron chi connectivity index (χ3n) is 4.83. The van der Waals surface area contributed by atoms with Gasteiger partial charge in [0.05, 0.1) is 23.3 Å². The topological polar surface area (TPSA) is 84.9 Å². The first kappa shape index (κ1) is 24.1. The molecule has 2 aromatic carbocycles. The lowest BCUT2D eigenvalue weighted by molar-refractivity contribution is -0.151. The molecule has 176 valence electrons. The molecule has 1 fully saturated rings. The molecule has 7 nitrogen and oxygen atoms in total. The van der Waals surface area contributed by atoms with Crippen LogP contribution in [0.3, 0.4) is 0 Å². The molecule has 0 bridgehead atoms. The van der Waals surface area contributed by atoms with Crippen LogP contribution in [0.1, 0.15) is 25.8 Å². The summed E-state index contributed by atoms with van der Waals surface area (Å²) >= 11 is 0. The number of carbonyl (C=O) groups excluding carboxylic acids is 3. The zero-order valence-corrected chi connectivity index (χ0v) is 18.0. The highest BCUT2D eigenvalue weighted by atomic mass is 19.4. The fourth-order valence-electron chi connectivity index (χ4n) is 3.37. The van der Waals surface area contributed by atoms with Crippen molar-refractivity contribution in [1.29, 1.82) is 0 Å². The number of rotatable bonds is 7. The molecule has 0 spiro atoms. The minimum Gasteiger partial charge on any atom is -0.491 e. The van der Waals surface area contributed by atoms with Gasteiger partial charge in [-0.05, 0) is 50.2 Å². The smallest absolute Gasteiger partial charge is 0.418 e. The molecule has 0 unspecified atom stereocenters. The molecule has 1 N–H and O–H groups in total. The molecule has 1 aliphatic rings. The number of ether oxygens (including phenoxy) is 2. The highest BCUT2D eigenvalue weighted by molar-refractivity contribution is 6.00. The molecule has 1 atom stereocenters. The Balaban J connectivity index is 1.54. The van der Waals surface area contributed by atoms with E-state index < -0.39 is 41.8 Å². The highest BCUT2D eigenvalue weighted by Crippen LogP contribution is 2.34. The average molecular weight is 464 g/mol. The number of anilines is 2. The van der Waals surface area contributed by atoms with Gasteiger partial charge >= 0.3 is 12.1 Å². The first-order valence-electron chi connectivity index (χ1n) is 10.2. The fourth-order valence-corrected chi connectivity index (χ4v) is 3.37. The quantitative estimate of drug-likeness (QED) is 0.626. The van der Waals surface area contributed by atoms with Gasteiger partial charge in [0.25, 0.3) is 5.91 Å². The number of benzene rings is 2. The summed E-state index contributed by atoms with van der Waals surface area (Å²) in [5, 5.41) is 2.10. The van der Waals surface area contributed by atoms with Crippen LogP contribution in [0.2, 0.25) is 0 Å². The zero-order valence-electron chi connectivity index (χ0n) is 18.0.